The Balaban J connectivity index is 1.58. The van der Waals surface area contributed by atoms with Crippen LogP contribution < -0.4 is 10.2 Å². The van der Waals surface area contributed by atoms with Gasteiger partial charge in [-0.3, -0.25) is 4.79 Å². The Labute approximate surface area is 192 Å². The number of piperidine rings is 1. The lowest BCUT2D eigenvalue weighted by atomic mass is 9.90. The number of hydrogen-bond donors (Lipinski definition) is 1. The Bertz CT molecular complexity index is 965. The molecule has 1 saturated heterocycles. The zero-order valence-electron chi connectivity index (χ0n) is 19.5. The number of benzene rings is 2. The van der Waals surface area contributed by atoms with Crippen molar-refractivity contribution in [2.75, 3.05) is 36.4 Å². The topological polar surface area (TPSA) is 59.4 Å². The number of carbonyl (C=O) groups excluding carboxylic acids is 1. The number of nitrogens with zero attached hydrogens (tertiary/aromatic N) is 3. The van der Waals surface area contributed by atoms with Gasteiger partial charge in [0, 0.05) is 43.8 Å². The molecule has 3 rings (SSSR count). The summed E-state index contributed by atoms with van der Waals surface area (Å²) in [6.07, 6.45) is 4.54. The quantitative estimate of drug-likeness (QED) is 0.465. The number of aryl methyl sites for hydroxylation is 1. The number of anilines is 2. The lowest BCUT2D eigenvalue weighted by Gasteiger charge is -2.32. The first kappa shape index (κ1) is 23.4. The van der Waals surface area contributed by atoms with Crippen LogP contribution >= 0.6 is 0 Å². The Hall–Kier alpha value is -3.26. The molecule has 0 saturated carbocycles. The van der Waals surface area contributed by atoms with Crippen molar-refractivity contribution in [2.45, 2.75) is 40.0 Å². The first-order valence-electron chi connectivity index (χ1n) is 11.6. The molecule has 1 amide bonds. The molecule has 0 unspecified atom stereocenters. The highest BCUT2D eigenvalue weighted by Crippen LogP contribution is 2.24. The molecule has 32 heavy (non-hydrogen) atoms. The summed E-state index contributed by atoms with van der Waals surface area (Å²) in [5.74, 6) is 0.400. The molecule has 5 heteroatoms. The minimum absolute atomic E-state index is 0.152. The summed E-state index contributed by atoms with van der Waals surface area (Å²) >= 11 is 0. The number of likely N-dealkylation sites (tertiary alicyclic amines) is 1. The summed E-state index contributed by atoms with van der Waals surface area (Å²) in [5, 5.41) is 12.8. The van der Waals surface area contributed by atoms with Crippen LogP contribution in [0.25, 0.3) is 0 Å². The molecular weight excluding hydrogens is 396 g/mol. The van der Waals surface area contributed by atoms with Crippen molar-refractivity contribution >= 4 is 17.3 Å². The fourth-order valence-electron chi connectivity index (χ4n) is 4.34. The van der Waals surface area contributed by atoms with Crippen molar-refractivity contribution in [1.82, 2.24) is 4.90 Å². The van der Waals surface area contributed by atoms with E-state index in [4.69, 9.17) is 0 Å². The summed E-state index contributed by atoms with van der Waals surface area (Å²) < 4.78 is 0. The van der Waals surface area contributed by atoms with Crippen molar-refractivity contribution in [3.8, 4) is 6.07 Å². The summed E-state index contributed by atoms with van der Waals surface area (Å²) in [6, 6.07) is 18.8. The van der Waals surface area contributed by atoms with Crippen molar-refractivity contribution in [1.29, 1.82) is 5.26 Å². The monoisotopic (exact) mass is 430 g/mol. The average molecular weight is 431 g/mol. The maximum absolute atomic E-state index is 12.9. The highest BCUT2D eigenvalue weighted by atomic mass is 16.2. The van der Waals surface area contributed by atoms with E-state index in [9.17, 15) is 10.1 Å². The summed E-state index contributed by atoms with van der Waals surface area (Å²) in [4.78, 5) is 17.0. The van der Waals surface area contributed by atoms with Gasteiger partial charge in [-0.25, -0.2) is 0 Å². The van der Waals surface area contributed by atoms with Gasteiger partial charge in [0.2, 0.25) is 0 Å². The maximum Gasteiger partial charge on any atom is 0.266 e. The second-order valence-electron chi connectivity index (χ2n) is 8.41. The van der Waals surface area contributed by atoms with E-state index in [0.717, 1.165) is 43.6 Å². The van der Waals surface area contributed by atoms with Gasteiger partial charge in [-0.2, -0.15) is 5.26 Å². The minimum Gasteiger partial charge on any atom is -0.372 e. The van der Waals surface area contributed by atoms with Crippen LogP contribution in [0.4, 0.5) is 11.4 Å². The third kappa shape index (κ3) is 5.91. The molecule has 0 bridgehead atoms. The number of nitriles is 1. The Morgan fingerprint density at radius 2 is 1.84 bits per heavy atom. The van der Waals surface area contributed by atoms with Crippen molar-refractivity contribution in [3.05, 3.63) is 71.4 Å². The third-order valence-electron chi connectivity index (χ3n) is 6.33. The van der Waals surface area contributed by atoms with Crippen LogP contribution in [0.2, 0.25) is 0 Å². The number of amides is 1. The van der Waals surface area contributed by atoms with Crippen molar-refractivity contribution in [2.24, 2.45) is 5.92 Å². The standard InChI is InChI=1S/C27H34N4O/c1-4-30(5-2)25-11-12-26(21(3)17-25)29-20-24(19-28)27(32)31-15-13-23(14-16-31)18-22-9-7-6-8-10-22/h6-12,17,20,23,29H,4-5,13-16,18H2,1-3H3/b24-20-. The van der Waals surface area contributed by atoms with E-state index < -0.39 is 0 Å². The van der Waals surface area contributed by atoms with E-state index in [1.807, 2.05) is 24.0 Å². The number of nitrogens with one attached hydrogen (secondary N) is 1. The summed E-state index contributed by atoms with van der Waals surface area (Å²) in [6.45, 7) is 9.63. The number of rotatable bonds is 8. The predicted octanol–water partition coefficient (Wildman–Crippen LogP) is 5.14. The molecule has 0 aliphatic carbocycles. The Morgan fingerprint density at radius 3 is 2.44 bits per heavy atom. The van der Waals surface area contributed by atoms with Crippen LogP contribution in [0.5, 0.6) is 0 Å². The van der Waals surface area contributed by atoms with Gasteiger partial charge in [-0.15, -0.1) is 0 Å². The molecule has 1 aliphatic rings. The van der Waals surface area contributed by atoms with E-state index in [0.29, 0.717) is 19.0 Å². The molecule has 0 atom stereocenters. The highest BCUT2D eigenvalue weighted by molar-refractivity contribution is 5.97. The van der Waals surface area contributed by atoms with Gasteiger partial charge in [0.1, 0.15) is 11.6 Å². The van der Waals surface area contributed by atoms with Gasteiger partial charge < -0.3 is 15.1 Å². The summed E-state index contributed by atoms with van der Waals surface area (Å²) in [5.41, 5.74) is 4.66. The zero-order chi connectivity index (χ0) is 22.9. The largest absolute Gasteiger partial charge is 0.372 e. The van der Waals surface area contributed by atoms with Crippen LogP contribution in [0.3, 0.4) is 0 Å². The molecule has 1 fully saturated rings. The van der Waals surface area contributed by atoms with Gasteiger partial charge in [0.25, 0.3) is 5.91 Å². The molecule has 2 aromatic carbocycles. The molecule has 5 nitrogen and oxygen atoms in total. The minimum atomic E-state index is -0.185. The molecule has 1 aliphatic heterocycles. The van der Waals surface area contributed by atoms with E-state index >= 15 is 0 Å². The number of carbonyl (C=O) groups is 1. The second-order valence-corrected chi connectivity index (χ2v) is 8.41. The second kappa shape index (κ2) is 11.4. The molecule has 2 aromatic rings. The highest BCUT2D eigenvalue weighted by Gasteiger charge is 2.25. The van der Waals surface area contributed by atoms with Crippen LogP contribution in [0.15, 0.2) is 60.3 Å². The van der Waals surface area contributed by atoms with Gasteiger partial charge in [0.05, 0.1) is 0 Å². The fraction of sp³-hybridized carbons (Fsp3) is 0.407. The molecule has 0 radical (unpaired) electrons. The van der Waals surface area contributed by atoms with E-state index in [1.165, 1.54) is 11.3 Å². The van der Waals surface area contributed by atoms with Crippen LogP contribution in [0.1, 0.15) is 37.8 Å². The maximum atomic E-state index is 12.9. The lowest BCUT2D eigenvalue weighted by Crippen LogP contribution is -2.39. The Kier molecular flexibility index (Phi) is 8.33. The smallest absolute Gasteiger partial charge is 0.266 e. The van der Waals surface area contributed by atoms with Crippen LogP contribution in [-0.2, 0) is 11.2 Å². The van der Waals surface area contributed by atoms with Gasteiger partial charge in [-0.05, 0) is 75.3 Å². The molecule has 1 N–H and O–H groups in total. The number of hydrogen-bond acceptors (Lipinski definition) is 4. The normalized spacial score (nSPS) is 14.7. The van der Waals surface area contributed by atoms with E-state index in [-0.39, 0.29) is 11.5 Å². The first-order valence-corrected chi connectivity index (χ1v) is 11.6. The molecular formula is C27H34N4O. The summed E-state index contributed by atoms with van der Waals surface area (Å²) in [7, 11) is 0. The van der Waals surface area contributed by atoms with Crippen LogP contribution in [0, 0.1) is 24.2 Å². The molecule has 168 valence electrons. The fourth-order valence-corrected chi connectivity index (χ4v) is 4.34. The first-order chi connectivity index (χ1) is 15.5. The SMILES string of the molecule is CCN(CC)c1ccc(N/C=C(/C#N)C(=O)N2CCC(Cc3ccccc3)CC2)c(C)c1. The molecule has 0 spiro atoms. The van der Waals surface area contributed by atoms with Gasteiger partial charge >= 0.3 is 0 Å². The molecule has 1 heterocycles. The lowest BCUT2D eigenvalue weighted by molar-refractivity contribution is -0.128. The zero-order valence-corrected chi connectivity index (χ0v) is 19.5. The molecule has 0 aromatic heterocycles. The predicted molar refractivity (Wildman–Crippen MR) is 132 cm³/mol. The van der Waals surface area contributed by atoms with Crippen molar-refractivity contribution in [3.63, 3.8) is 0 Å². The third-order valence-corrected chi connectivity index (χ3v) is 6.33. The van der Waals surface area contributed by atoms with Crippen molar-refractivity contribution < 1.29 is 4.79 Å². The van der Waals surface area contributed by atoms with E-state index in [2.05, 4.69) is 66.5 Å². The van der Waals surface area contributed by atoms with E-state index in [1.54, 1.807) is 6.20 Å². The average Bonchev–Trinajstić information content (AvgIpc) is 2.82. The van der Waals surface area contributed by atoms with Gasteiger partial charge in [-0.1, -0.05) is 30.3 Å². The Morgan fingerprint density at radius 1 is 1.16 bits per heavy atom. The van der Waals surface area contributed by atoms with Gasteiger partial charge in [0.15, 0.2) is 0 Å². The van der Waals surface area contributed by atoms with Crippen LogP contribution in [-0.4, -0.2) is 37.0 Å².